The average molecular weight is 279 g/mol. The highest BCUT2D eigenvalue weighted by atomic mass is 19.1. The lowest BCUT2D eigenvalue weighted by Crippen LogP contribution is -2.34. The lowest BCUT2D eigenvalue weighted by Gasteiger charge is -2.20. The van der Waals surface area contributed by atoms with Crippen LogP contribution in [0.15, 0.2) is 30.1 Å². The van der Waals surface area contributed by atoms with Gasteiger partial charge in [0.25, 0.3) is 0 Å². The molecule has 0 radical (unpaired) electrons. The first-order valence-electron chi connectivity index (χ1n) is 6.16. The Kier molecular flexibility index (Phi) is 5.85. The van der Waals surface area contributed by atoms with Crippen LogP contribution < -0.4 is 10.1 Å². The van der Waals surface area contributed by atoms with Gasteiger partial charge in [-0.2, -0.15) is 0 Å². The van der Waals surface area contributed by atoms with Crippen molar-refractivity contribution in [2.45, 2.75) is 26.4 Å². The van der Waals surface area contributed by atoms with Crippen LogP contribution in [0.4, 0.5) is 9.18 Å². The molecule has 1 N–H and O–H groups in total. The first kappa shape index (κ1) is 15.8. The predicted molar refractivity (Wildman–Crippen MR) is 73.0 cm³/mol. The Bertz CT molecular complexity index is 452. The molecule has 0 aliphatic rings. The van der Waals surface area contributed by atoms with Crippen LogP contribution in [0, 0.1) is 12.1 Å². The Morgan fingerprint density at radius 3 is 2.75 bits per heavy atom. The van der Waals surface area contributed by atoms with Crippen LogP contribution in [0.2, 0.25) is 0 Å². The molecule has 0 spiro atoms. The normalized spacial score (nSPS) is 11.5. The molecule has 0 bridgehead atoms. The Morgan fingerprint density at radius 1 is 1.45 bits per heavy atom. The lowest BCUT2D eigenvalue weighted by atomic mass is 10.2. The van der Waals surface area contributed by atoms with E-state index in [1.807, 2.05) is 0 Å². The summed E-state index contributed by atoms with van der Waals surface area (Å²) in [6, 6.07) is 10.4. The zero-order valence-electron chi connectivity index (χ0n) is 11.8. The maximum atomic E-state index is 12.7. The van der Waals surface area contributed by atoms with Crippen LogP contribution in [0.1, 0.15) is 20.8 Å². The van der Waals surface area contributed by atoms with Crippen molar-refractivity contribution in [3.8, 4) is 5.75 Å². The van der Waals surface area contributed by atoms with Gasteiger partial charge in [-0.15, -0.1) is 0 Å². The van der Waals surface area contributed by atoms with Crippen LogP contribution in [-0.2, 0) is 4.74 Å². The summed E-state index contributed by atoms with van der Waals surface area (Å²) in [5, 5.41) is 2.46. The van der Waals surface area contributed by atoms with Crippen LogP contribution in [0.3, 0.4) is 0 Å². The minimum Gasteiger partial charge on any atom is -0.488 e. The molecule has 1 aromatic rings. The van der Waals surface area contributed by atoms with E-state index in [4.69, 9.17) is 9.47 Å². The summed E-state index contributed by atoms with van der Waals surface area (Å²) in [7, 11) is 0. The molecule has 0 saturated carbocycles. The highest BCUT2D eigenvalue weighted by molar-refractivity contribution is 5.68. The van der Waals surface area contributed by atoms with Crippen molar-refractivity contribution in [2.24, 2.45) is 0 Å². The van der Waals surface area contributed by atoms with Crippen LogP contribution in [0.25, 0.3) is 0 Å². The topological polar surface area (TPSA) is 47.6 Å². The first-order chi connectivity index (χ1) is 9.40. The fourth-order valence-electron chi connectivity index (χ4n) is 1.22. The summed E-state index contributed by atoms with van der Waals surface area (Å²) < 4.78 is 23.1. The highest BCUT2D eigenvalue weighted by Crippen LogP contribution is 2.09. The molecule has 20 heavy (non-hydrogen) atoms. The van der Waals surface area contributed by atoms with Crippen molar-refractivity contribution >= 4 is 6.09 Å². The van der Waals surface area contributed by atoms with E-state index in [0.717, 1.165) is 0 Å². The number of ether oxygens (including phenoxy) is 2. The third-order valence-electron chi connectivity index (χ3n) is 2.07. The van der Waals surface area contributed by atoms with Gasteiger partial charge in [-0.25, -0.2) is 9.18 Å². The number of rotatable bonds is 5. The molecular formula is C15H18FNO3. The number of alkyl carbamates (subject to hydrolysis) is 1. The molecule has 0 unspecified atom stereocenters. The molecule has 4 nitrogen and oxygen atoms in total. The third kappa shape index (κ3) is 6.64. The zero-order valence-corrected chi connectivity index (χ0v) is 11.8. The number of amides is 1. The number of halogens is 1. The minimum atomic E-state index is -0.598. The monoisotopic (exact) mass is 279 g/mol. The second-order valence-corrected chi connectivity index (χ2v) is 5.08. The van der Waals surface area contributed by atoms with Gasteiger partial charge in [0.1, 0.15) is 18.0 Å². The van der Waals surface area contributed by atoms with E-state index >= 15 is 0 Å². The van der Waals surface area contributed by atoms with E-state index in [-0.39, 0.29) is 13.2 Å². The van der Waals surface area contributed by atoms with E-state index in [2.05, 4.69) is 17.4 Å². The van der Waals surface area contributed by atoms with Crippen LogP contribution in [-0.4, -0.2) is 24.8 Å². The summed E-state index contributed by atoms with van der Waals surface area (Å²) in [5.41, 5.74) is -0.292. The maximum Gasteiger partial charge on any atom is 0.407 e. The molecule has 0 atom stereocenters. The van der Waals surface area contributed by atoms with Crippen molar-refractivity contribution in [1.29, 1.82) is 0 Å². The Balaban J connectivity index is 2.36. The number of nitrogens with one attached hydrogen (secondary N) is 1. The van der Waals surface area contributed by atoms with Crippen molar-refractivity contribution in [3.05, 3.63) is 42.2 Å². The first-order valence-corrected chi connectivity index (χ1v) is 6.16. The van der Waals surface area contributed by atoms with Gasteiger partial charge in [0.15, 0.2) is 0 Å². The molecule has 0 aliphatic heterocycles. The standard InChI is InChI=1S/C15H18FNO3/c1-15(2,3)20-14(18)17-10-12(9-16)11-19-13-7-5-4-6-8-13/h5,7-9H,10-11H2,1-3H3,(H,17,18)/b12-9+. The van der Waals surface area contributed by atoms with Crippen LogP contribution in [0.5, 0.6) is 5.75 Å². The molecule has 5 heteroatoms. The zero-order chi connectivity index (χ0) is 15.0. The van der Waals surface area contributed by atoms with Gasteiger partial charge < -0.3 is 14.8 Å². The molecular weight excluding hydrogens is 261 g/mol. The molecule has 0 aromatic heterocycles. The van der Waals surface area contributed by atoms with E-state index in [9.17, 15) is 9.18 Å². The number of carbonyl (C=O) groups excluding carboxylic acids is 1. The van der Waals surface area contributed by atoms with Crippen molar-refractivity contribution in [1.82, 2.24) is 5.32 Å². The Labute approximate surface area is 118 Å². The van der Waals surface area contributed by atoms with E-state index in [1.54, 1.807) is 39.0 Å². The molecule has 0 aliphatic carbocycles. The van der Waals surface area contributed by atoms with Gasteiger partial charge in [-0.05, 0) is 32.9 Å². The highest BCUT2D eigenvalue weighted by Gasteiger charge is 2.16. The van der Waals surface area contributed by atoms with Crippen molar-refractivity contribution in [2.75, 3.05) is 13.2 Å². The summed E-state index contributed by atoms with van der Waals surface area (Å²) >= 11 is 0. The predicted octanol–water partition coefficient (Wildman–Crippen LogP) is 3.04. The molecule has 1 aromatic carbocycles. The Morgan fingerprint density at radius 2 is 2.20 bits per heavy atom. The van der Waals surface area contributed by atoms with Crippen molar-refractivity contribution in [3.63, 3.8) is 0 Å². The van der Waals surface area contributed by atoms with Gasteiger partial charge in [-0.3, -0.25) is 0 Å². The smallest absolute Gasteiger partial charge is 0.407 e. The van der Waals surface area contributed by atoms with E-state index in [1.165, 1.54) is 0 Å². The summed E-state index contributed by atoms with van der Waals surface area (Å²) in [6.45, 7) is 5.32. The second-order valence-electron chi connectivity index (χ2n) is 5.08. The van der Waals surface area contributed by atoms with Gasteiger partial charge in [0.05, 0.1) is 6.33 Å². The molecule has 1 rings (SSSR count). The number of carbonyl (C=O) groups is 1. The average Bonchev–Trinajstić information content (AvgIpc) is 2.38. The van der Waals surface area contributed by atoms with Gasteiger partial charge in [-0.1, -0.05) is 12.1 Å². The molecule has 1 amide bonds. The maximum absolute atomic E-state index is 12.7. The van der Waals surface area contributed by atoms with Gasteiger partial charge in [0.2, 0.25) is 0 Å². The number of hydrogen-bond acceptors (Lipinski definition) is 3. The third-order valence-corrected chi connectivity index (χ3v) is 2.07. The second kappa shape index (κ2) is 7.39. The van der Waals surface area contributed by atoms with Gasteiger partial charge >= 0.3 is 6.09 Å². The molecule has 0 heterocycles. The lowest BCUT2D eigenvalue weighted by molar-refractivity contribution is 0.0531. The van der Waals surface area contributed by atoms with Gasteiger partial charge in [0, 0.05) is 18.2 Å². The van der Waals surface area contributed by atoms with E-state index < -0.39 is 11.7 Å². The quantitative estimate of drug-likeness (QED) is 0.901. The van der Waals surface area contributed by atoms with Crippen LogP contribution >= 0.6 is 0 Å². The molecule has 0 saturated heterocycles. The van der Waals surface area contributed by atoms with Crippen molar-refractivity contribution < 1.29 is 18.7 Å². The fourth-order valence-corrected chi connectivity index (χ4v) is 1.22. The SMILES string of the molecule is CC(C)(C)OC(=O)NC/C(=C\F)COc1cc#ccc1. The number of hydrogen-bond donors (Lipinski definition) is 1. The molecule has 108 valence electrons. The Hall–Kier alpha value is -2.22. The largest absolute Gasteiger partial charge is 0.488 e. The summed E-state index contributed by atoms with van der Waals surface area (Å²) in [5.74, 6) is 0.556. The minimum absolute atomic E-state index is 0.0219. The fraction of sp³-hybridized carbons (Fsp3) is 0.400. The summed E-state index contributed by atoms with van der Waals surface area (Å²) in [4.78, 5) is 11.4. The summed E-state index contributed by atoms with van der Waals surface area (Å²) in [6.07, 6.45) is -0.185. The molecule has 0 fully saturated rings. The van der Waals surface area contributed by atoms with E-state index in [0.29, 0.717) is 17.7 Å².